The number of benzene rings is 1. The van der Waals surface area contributed by atoms with Gasteiger partial charge in [0.15, 0.2) is 0 Å². The van der Waals surface area contributed by atoms with E-state index in [1.807, 2.05) is 11.3 Å². The lowest BCUT2D eigenvalue weighted by molar-refractivity contribution is 0.416. The van der Waals surface area contributed by atoms with Crippen molar-refractivity contribution in [3.63, 3.8) is 0 Å². The van der Waals surface area contributed by atoms with Crippen LogP contribution in [0.2, 0.25) is 0 Å². The van der Waals surface area contributed by atoms with E-state index in [4.69, 9.17) is 0 Å². The highest BCUT2D eigenvalue weighted by molar-refractivity contribution is 7.10. The minimum atomic E-state index is 0.457. The van der Waals surface area contributed by atoms with Crippen molar-refractivity contribution in [3.8, 4) is 0 Å². The predicted octanol–water partition coefficient (Wildman–Crippen LogP) is 5.11. The van der Waals surface area contributed by atoms with Crippen LogP contribution >= 0.6 is 11.3 Å². The van der Waals surface area contributed by atoms with Gasteiger partial charge in [0.2, 0.25) is 0 Å². The molecule has 1 saturated carbocycles. The molecule has 1 aliphatic rings. The number of hydrogen-bond donors (Lipinski definition) is 1. The molecule has 1 aromatic heterocycles. The summed E-state index contributed by atoms with van der Waals surface area (Å²) in [4.78, 5) is 1.44. The molecule has 2 aromatic rings. The van der Waals surface area contributed by atoms with Gasteiger partial charge >= 0.3 is 0 Å². The van der Waals surface area contributed by atoms with E-state index in [1.165, 1.54) is 28.8 Å². The maximum absolute atomic E-state index is 3.71. The second kappa shape index (κ2) is 6.11. The molecule has 1 nitrogen and oxygen atoms in total. The molecule has 0 spiro atoms. The molecule has 3 rings (SSSR count). The van der Waals surface area contributed by atoms with Gasteiger partial charge in [-0.1, -0.05) is 44.2 Å². The topological polar surface area (TPSA) is 12.0 Å². The highest BCUT2D eigenvalue weighted by atomic mass is 32.1. The van der Waals surface area contributed by atoms with Crippen LogP contribution in [0.15, 0.2) is 41.8 Å². The smallest absolute Gasteiger partial charge is 0.0440 e. The van der Waals surface area contributed by atoms with E-state index >= 15 is 0 Å². The molecule has 1 fully saturated rings. The molecule has 1 unspecified atom stereocenters. The molecule has 0 amide bonds. The second-order valence-corrected chi connectivity index (χ2v) is 7.11. The number of thiophene rings is 1. The molecule has 0 aliphatic heterocycles. The molecular formula is C18H23NS. The maximum Gasteiger partial charge on any atom is 0.0440 e. The van der Waals surface area contributed by atoms with Crippen LogP contribution in [0.1, 0.15) is 54.7 Å². The summed E-state index contributed by atoms with van der Waals surface area (Å²) in [5, 5.41) is 5.88. The summed E-state index contributed by atoms with van der Waals surface area (Å²) >= 11 is 1.85. The monoisotopic (exact) mass is 285 g/mol. The molecule has 2 heteroatoms. The van der Waals surface area contributed by atoms with Crippen LogP contribution < -0.4 is 5.32 Å². The summed E-state index contributed by atoms with van der Waals surface area (Å²) in [6, 6.07) is 14.0. The van der Waals surface area contributed by atoms with Gasteiger partial charge in [-0.2, -0.15) is 0 Å². The summed E-state index contributed by atoms with van der Waals surface area (Å²) < 4.78 is 0. The van der Waals surface area contributed by atoms with E-state index < -0.39 is 0 Å². The Balaban J connectivity index is 1.61. The van der Waals surface area contributed by atoms with E-state index in [2.05, 4.69) is 60.9 Å². The Bertz CT molecular complexity index is 523. The van der Waals surface area contributed by atoms with Crippen LogP contribution in [0.4, 0.5) is 0 Å². The first kappa shape index (κ1) is 13.8. The standard InChI is InChI=1S/C18H23NS/c1-13(2)18(17-4-3-11-20-17)19-12-14-5-7-15(8-6-14)16-9-10-16/h3-8,11,13,16,18-19H,9-10,12H2,1-2H3. The summed E-state index contributed by atoms with van der Waals surface area (Å²) in [6.07, 6.45) is 2.76. The van der Waals surface area contributed by atoms with Crippen LogP contribution in [0.5, 0.6) is 0 Å². The summed E-state index contributed by atoms with van der Waals surface area (Å²) in [6.45, 7) is 5.52. The Hall–Kier alpha value is -1.12. The van der Waals surface area contributed by atoms with Gasteiger partial charge in [0, 0.05) is 17.5 Å². The molecule has 0 radical (unpaired) electrons. The van der Waals surface area contributed by atoms with Gasteiger partial charge in [-0.05, 0) is 47.3 Å². The van der Waals surface area contributed by atoms with Crippen LogP contribution in [0.25, 0.3) is 0 Å². The highest BCUT2D eigenvalue weighted by Crippen LogP contribution is 2.39. The molecule has 1 N–H and O–H groups in total. The molecular weight excluding hydrogens is 262 g/mol. The van der Waals surface area contributed by atoms with Gasteiger partial charge in [0.05, 0.1) is 0 Å². The van der Waals surface area contributed by atoms with Gasteiger partial charge in [-0.3, -0.25) is 0 Å². The molecule has 0 bridgehead atoms. The average Bonchev–Trinajstić information content (AvgIpc) is 3.16. The Morgan fingerprint density at radius 3 is 2.45 bits per heavy atom. The van der Waals surface area contributed by atoms with Crippen molar-refractivity contribution in [2.75, 3.05) is 0 Å². The SMILES string of the molecule is CC(C)C(NCc1ccc(C2CC2)cc1)c1cccs1. The summed E-state index contributed by atoms with van der Waals surface area (Å²) in [5.74, 6) is 1.46. The maximum atomic E-state index is 3.71. The fourth-order valence-electron chi connectivity index (χ4n) is 2.69. The highest BCUT2D eigenvalue weighted by Gasteiger charge is 2.23. The zero-order valence-corrected chi connectivity index (χ0v) is 13.1. The fraction of sp³-hybridized carbons (Fsp3) is 0.444. The van der Waals surface area contributed by atoms with Gasteiger partial charge in [-0.25, -0.2) is 0 Å². The van der Waals surface area contributed by atoms with E-state index in [0.29, 0.717) is 12.0 Å². The summed E-state index contributed by atoms with van der Waals surface area (Å²) in [5.41, 5.74) is 2.91. The quantitative estimate of drug-likeness (QED) is 0.777. The Labute approximate surface area is 126 Å². The van der Waals surface area contributed by atoms with Crippen LogP contribution in [-0.4, -0.2) is 0 Å². The minimum absolute atomic E-state index is 0.457. The largest absolute Gasteiger partial charge is 0.305 e. The summed E-state index contributed by atoms with van der Waals surface area (Å²) in [7, 11) is 0. The van der Waals surface area contributed by atoms with E-state index in [9.17, 15) is 0 Å². The third-order valence-electron chi connectivity index (χ3n) is 4.07. The van der Waals surface area contributed by atoms with Gasteiger partial charge < -0.3 is 5.32 Å². The number of nitrogens with one attached hydrogen (secondary N) is 1. The zero-order chi connectivity index (χ0) is 13.9. The molecule has 1 atom stereocenters. The first-order chi connectivity index (χ1) is 9.74. The van der Waals surface area contributed by atoms with E-state index in [0.717, 1.165) is 12.5 Å². The van der Waals surface area contributed by atoms with Crippen LogP contribution in [0.3, 0.4) is 0 Å². The minimum Gasteiger partial charge on any atom is -0.305 e. The number of hydrogen-bond acceptors (Lipinski definition) is 2. The lowest BCUT2D eigenvalue weighted by Crippen LogP contribution is -2.24. The van der Waals surface area contributed by atoms with E-state index in [-0.39, 0.29) is 0 Å². The van der Waals surface area contributed by atoms with E-state index in [1.54, 1.807) is 0 Å². The van der Waals surface area contributed by atoms with Crippen molar-refractivity contribution < 1.29 is 0 Å². The van der Waals surface area contributed by atoms with Gasteiger partial charge in [-0.15, -0.1) is 11.3 Å². The third-order valence-corrected chi connectivity index (χ3v) is 5.03. The zero-order valence-electron chi connectivity index (χ0n) is 12.3. The first-order valence-corrected chi connectivity index (χ1v) is 8.47. The normalized spacial score (nSPS) is 16.6. The van der Waals surface area contributed by atoms with Crippen molar-refractivity contribution >= 4 is 11.3 Å². The lowest BCUT2D eigenvalue weighted by atomic mass is 10.0. The Kier molecular flexibility index (Phi) is 4.23. The molecule has 106 valence electrons. The van der Waals surface area contributed by atoms with Crippen molar-refractivity contribution in [1.82, 2.24) is 5.32 Å². The van der Waals surface area contributed by atoms with Crippen molar-refractivity contribution in [2.45, 2.75) is 45.2 Å². The molecule has 1 aromatic carbocycles. The van der Waals surface area contributed by atoms with Crippen LogP contribution in [0, 0.1) is 5.92 Å². The van der Waals surface area contributed by atoms with Crippen LogP contribution in [-0.2, 0) is 6.54 Å². The molecule has 1 aliphatic carbocycles. The first-order valence-electron chi connectivity index (χ1n) is 7.59. The third kappa shape index (κ3) is 3.31. The Morgan fingerprint density at radius 1 is 1.15 bits per heavy atom. The second-order valence-electron chi connectivity index (χ2n) is 6.13. The predicted molar refractivity (Wildman–Crippen MR) is 87.2 cm³/mol. The molecule has 20 heavy (non-hydrogen) atoms. The van der Waals surface area contributed by atoms with Crippen molar-refractivity contribution in [1.29, 1.82) is 0 Å². The van der Waals surface area contributed by atoms with Gasteiger partial charge in [0.25, 0.3) is 0 Å². The lowest BCUT2D eigenvalue weighted by Gasteiger charge is -2.21. The molecule has 1 heterocycles. The van der Waals surface area contributed by atoms with Crippen molar-refractivity contribution in [3.05, 3.63) is 57.8 Å². The molecule has 0 saturated heterocycles. The fourth-order valence-corrected chi connectivity index (χ4v) is 3.66. The number of rotatable bonds is 6. The van der Waals surface area contributed by atoms with Gasteiger partial charge in [0.1, 0.15) is 0 Å². The van der Waals surface area contributed by atoms with Crippen molar-refractivity contribution in [2.24, 2.45) is 5.92 Å². The Morgan fingerprint density at radius 2 is 1.90 bits per heavy atom. The average molecular weight is 285 g/mol.